The van der Waals surface area contributed by atoms with Crippen molar-refractivity contribution in [2.24, 2.45) is 5.92 Å². The van der Waals surface area contributed by atoms with E-state index in [1.54, 1.807) is 12.1 Å². The van der Waals surface area contributed by atoms with Crippen molar-refractivity contribution in [1.82, 2.24) is 0 Å². The molecule has 1 N–H and O–H groups in total. The van der Waals surface area contributed by atoms with Gasteiger partial charge in [0.25, 0.3) is 0 Å². The zero-order valence-electron chi connectivity index (χ0n) is 10.2. The van der Waals surface area contributed by atoms with Gasteiger partial charge >= 0.3 is 5.97 Å². The highest BCUT2D eigenvalue weighted by Gasteiger charge is 2.06. The van der Waals surface area contributed by atoms with Gasteiger partial charge in [-0.25, -0.2) is 4.79 Å². The molecule has 1 rings (SSSR count). The second-order valence-electron chi connectivity index (χ2n) is 4.42. The van der Waals surface area contributed by atoms with Crippen LogP contribution in [0.25, 0.3) is 0 Å². The molecule has 0 spiro atoms. The van der Waals surface area contributed by atoms with Gasteiger partial charge in [-0.3, -0.25) is 4.21 Å². The molecular weight excluding hydrogens is 236 g/mol. The Bertz CT molecular complexity index is 396. The molecule has 0 aromatic heterocycles. The standard InChI is InChI=1S/C13H18O3S/c1-10(2)4-3-9-17(16)12-7-5-11(6-8-12)13(14)15/h5-8,10H,3-4,9H2,1-2H3,(H,14,15). The smallest absolute Gasteiger partial charge is 0.335 e. The largest absolute Gasteiger partial charge is 0.478 e. The minimum Gasteiger partial charge on any atom is -0.478 e. The lowest BCUT2D eigenvalue weighted by Gasteiger charge is -2.05. The fourth-order valence-electron chi connectivity index (χ4n) is 1.49. The van der Waals surface area contributed by atoms with Crippen molar-refractivity contribution in [2.45, 2.75) is 31.6 Å². The van der Waals surface area contributed by atoms with E-state index >= 15 is 0 Å². The average molecular weight is 254 g/mol. The molecule has 3 nitrogen and oxygen atoms in total. The Morgan fingerprint density at radius 3 is 2.35 bits per heavy atom. The maximum absolute atomic E-state index is 11.9. The van der Waals surface area contributed by atoms with E-state index < -0.39 is 16.8 Å². The Kier molecular flexibility index (Phi) is 5.35. The first-order valence-electron chi connectivity index (χ1n) is 5.72. The van der Waals surface area contributed by atoms with Gasteiger partial charge in [0.2, 0.25) is 0 Å². The topological polar surface area (TPSA) is 54.4 Å². The molecule has 0 fully saturated rings. The van der Waals surface area contributed by atoms with Gasteiger partial charge in [0.1, 0.15) is 0 Å². The number of carboxylic acids is 1. The number of hydrogen-bond acceptors (Lipinski definition) is 2. The Morgan fingerprint density at radius 1 is 1.29 bits per heavy atom. The highest BCUT2D eigenvalue weighted by molar-refractivity contribution is 7.85. The second kappa shape index (κ2) is 6.55. The lowest BCUT2D eigenvalue weighted by Crippen LogP contribution is -2.01. The molecule has 0 aliphatic rings. The molecule has 4 heteroatoms. The molecular formula is C13H18O3S. The molecule has 0 bridgehead atoms. The Balaban J connectivity index is 2.55. The zero-order chi connectivity index (χ0) is 12.8. The van der Waals surface area contributed by atoms with E-state index in [9.17, 15) is 9.00 Å². The maximum atomic E-state index is 11.9. The molecule has 0 saturated heterocycles. The van der Waals surface area contributed by atoms with E-state index in [1.165, 1.54) is 12.1 Å². The predicted octanol–water partition coefficient (Wildman–Crippen LogP) is 2.93. The van der Waals surface area contributed by atoms with Crippen LogP contribution in [0.2, 0.25) is 0 Å². The van der Waals surface area contributed by atoms with Crippen LogP contribution in [0.15, 0.2) is 29.2 Å². The van der Waals surface area contributed by atoms with Crippen molar-refractivity contribution >= 4 is 16.8 Å². The van der Waals surface area contributed by atoms with E-state index in [-0.39, 0.29) is 5.56 Å². The quantitative estimate of drug-likeness (QED) is 0.849. The number of rotatable bonds is 6. The Morgan fingerprint density at radius 2 is 1.88 bits per heavy atom. The van der Waals surface area contributed by atoms with E-state index in [2.05, 4.69) is 13.8 Å². The highest BCUT2D eigenvalue weighted by atomic mass is 32.2. The van der Waals surface area contributed by atoms with Crippen molar-refractivity contribution in [2.75, 3.05) is 5.75 Å². The van der Waals surface area contributed by atoms with Crippen molar-refractivity contribution in [3.8, 4) is 0 Å². The molecule has 0 radical (unpaired) electrons. The summed E-state index contributed by atoms with van der Waals surface area (Å²) in [5.74, 6) is 0.313. The second-order valence-corrected chi connectivity index (χ2v) is 5.99. The van der Waals surface area contributed by atoms with E-state index in [4.69, 9.17) is 5.11 Å². The van der Waals surface area contributed by atoms with Gasteiger partial charge in [-0.05, 0) is 36.6 Å². The van der Waals surface area contributed by atoms with Crippen molar-refractivity contribution in [3.05, 3.63) is 29.8 Å². The molecule has 1 aromatic rings. The summed E-state index contributed by atoms with van der Waals surface area (Å²) in [6.07, 6.45) is 2.00. The van der Waals surface area contributed by atoms with Gasteiger partial charge in [-0.1, -0.05) is 20.3 Å². The van der Waals surface area contributed by atoms with Gasteiger partial charge < -0.3 is 5.11 Å². The van der Waals surface area contributed by atoms with E-state index in [0.29, 0.717) is 16.6 Å². The summed E-state index contributed by atoms with van der Waals surface area (Å²) in [6.45, 7) is 4.29. The molecule has 0 heterocycles. The van der Waals surface area contributed by atoms with Crippen molar-refractivity contribution in [3.63, 3.8) is 0 Å². The number of benzene rings is 1. The molecule has 0 saturated carbocycles. The minimum absolute atomic E-state index is 0.230. The molecule has 17 heavy (non-hydrogen) atoms. The summed E-state index contributed by atoms with van der Waals surface area (Å²) in [6, 6.07) is 6.26. The molecule has 1 atom stereocenters. The molecule has 0 amide bonds. The van der Waals surface area contributed by atoms with Crippen LogP contribution in [-0.4, -0.2) is 21.0 Å². The van der Waals surface area contributed by atoms with Gasteiger partial charge in [-0.15, -0.1) is 0 Å². The first-order valence-corrected chi connectivity index (χ1v) is 7.04. The number of aromatic carboxylic acids is 1. The normalized spacial score (nSPS) is 12.6. The van der Waals surface area contributed by atoms with Gasteiger partial charge in [-0.2, -0.15) is 0 Å². The summed E-state index contributed by atoms with van der Waals surface area (Å²) in [5.41, 5.74) is 0.230. The van der Waals surface area contributed by atoms with Crippen LogP contribution in [0.3, 0.4) is 0 Å². The number of carbonyl (C=O) groups is 1. The van der Waals surface area contributed by atoms with Gasteiger partial charge in [0.15, 0.2) is 0 Å². The summed E-state index contributed by atoms with van der Waals surface area (Å²) in [4.78, 5) is 11.4. The monoisotopic (exact) mass is 254 g/mol. The van der Waals surface area contributed by atoms with Crippen LogP contribution in [0, 0.1) is 5.92 Å². The third-order valence-electron chi connectivity index (χ3n) is 2.48. The van der Waals surface area contributed by atoms with Crippen LogP contribution in [0.5, 0.6) is 0 Å². The van der Waals surface area contributed by atoms with Crippen molar-refractivity contribution in [1.29, 1.82) is 0 Å². The first-order chi connectivity index (χ1) is 8.00. The Labute approximate surface area is 104 Å². The van der Waals surface area contributed by atoms with Gasteiger partial charge in [0.05, 0.1) is 16.4 Å². The average Bonchev–Trinajstić information content (AvgIpc) is 2.28. The lowest BCUT2D eigenvalue weighted by atomic mass is 10.1. The first kappa shape index (κ1) is 13.9. The van der Waals surface area contributed by atoms with Crippen LogP contribution in [0.1, 0.15) is 37.0 Å². The summed E-state index contributed by atoms with van der Waals surface area (Å²) >= 11 is 0. The maximum Gasteiger partial charge on any atom is 0.335 e. The van der Waals surface area contributed by atoms with Crippen molar-refractivity contribution < 1.29 is 14.1 Å². The zero-order valence-corrected chi connectivity index (χ0v) is 11.0. The van der Waals surface area contributed by atoms with Crippen LogP contribution in [0.4, 0.5) is 0 Å². The van der Waals surface area contributed by atoms with E-state index in [0.717, 1.165) is 12.8 Å². The number of hydrogen-bond donors (Lipinski definition) is 1. The van der Waals surface area contributed by atoms with Crippen LogP contribution in [-0.2, 0) is 10.8 Å². The third kappa shape index (κ3) is 4.69. The summed E-state index contributed by atoms with van der Waals surface area (Å²) in [7, 11) is -1.01. The molecule has 1 aromatic carbocycles. The predicted molar refractivity (Wildman–Crippen MR) is 68.7 cm³/mol. The van der Waals surface area contributed by atoms with Crippen LogP contribution >= 0.6 is 0 Å². The molecule has 1 unspecified atom stereocenters. The number of carboxylic acid groups (broad SMARTS) is 1. The summed E-state index contributed by atoms with van der Waals surface area (Å²) in [5, 5.41) is 8.74. The SMILES string of the molecule is CC(C)CCCS(=O)c1ccc(C(=O)O)cc1. The minimum atomic E-state index is -1.01. The summed E-state index contributed by atoms with van der Waals surface area (Å²) < 4.78 is 11.9. The fraction of sp³-hybridized carbons (Fsp3) is 0.462. The lowest BCUT2D eigenvalue weighted by molar-refractivity contribution is 0.0697. The molecule has 0 aliphatic carbocycles. The molecule has 94 valence electrons. The highest BCUT2D eigenvalue weighted by Crippen LogP contribution is 2.12. The molecule has 0 aliphatic heterocycles. The fourth-order valence-corrected chi connectivity index (χ4v) is 2.59. The van der Waals surface area contributed by atoms with Crippen LogP contribution < -0.4 is 0 Å². The Hall–Kier alpha value is -1.16. The van der Waals surface area contributed by atoms with Gasteiger partial charge in [0, 0.05) is 10.6 Å². The van der Waals surface area contributed by atoms with E-state index in [1.807, 2.05) is 0 Å². The third-order valence-corrected chi connectivity index (χ3v) is 3.93.